The van der Waals surface area contributed by atoms with Crippen molar-refractivity contribution in [1.29, 1.82) is 0 Å². The summed E-state index contributed by atoms with van der Waals surface area (Å²) in [6.07, 6.45) is 1.65. The summed E-state index contributed by atoms with van der Waals surface area (Å²) in [5.41, 5.74) is 1.09. The van der Waals surface area contributed by atoms with E-state index in [4.69, 9.17) is 4.42 Å². The van der Waals surface area contributed by atoms with E-state index in [0.717, 1.165) is 43.5 Å². The van der Waals surface area contributed by atoms with Gasteiger partial charge in [-0.2, -0.15) is 0 Å². The molecule has 0 spiro atoms. The van der Waals surface area contributed by atoms with Crippen LogP contribution in [0.1, 0.15) is 18.2 Å². The molecule has 5 nitrogen and oxygen atoms in total. The minimum atomic E-state index is -0.203. The van der Waals surface area contributed by atoms with Gasteiger partial charge in [-0.15, -0.1) is 0 Å². The highest BCUT2D eigenvalue weighted by atomic mass is 19.1. The van der Waals surface area contributed by atoms with Crippen molar-refractivity contribution in [2.24, 2.45) is 4.99 Å². The Morgan fingerprint density at radius 3 is 2.67 bits per heavy atom. The Hall–Kier alpha value is -2.34. The normalized spacial score (nSPS) is 11.8. The molecule has 2 N–H and O–H groups in total. The average Bonchev–Trinajstić information content (AvgIpc) is 3.08. The first-order chi connectivity index (χ1) is 11.7. The second-order valence-electron chi connectivity index (χ2n) is 5.57. The van der Waals surface area contributed by atoms with E-state index in [9.17, 15) is 4.39 Å². The van der Waals surface area contributed by atoms with Gasteiger partial charge in [-0.1, -0.05) is 12.1 Å². The number of benzene rings is 1. The van der Waals surface area contributed by atoms with Crippen LogP contribution in [0.5, 0.6) is 0 Å². The highest BCUT2D eigenvalue weighted by molar-refractivity contribution is 5.79. The summed E-state index contributed by atoms with van der Waals surface area (Å²) in [5, 5.41) is 6.52. The number of hydrogen-bond acceptors (Lipinski definition) is 3. The molecule has 0 radical (unpaired) electrons. The summed E-state index contributed by atoms with van der Waals surface area (Å²) < 4.78 is 18.2. The summed E-state index contributed by atoms with van der Waals surface area (Å²) in [7, 11) is 2.04. The molecular formula is C18H25FN4O. The summed E-state index contributed by atoms with van der Waals surface area (Å²) in [6, 6.07) is 10.4. The molecule has 0 aliphatic heterocycles. The SMILES string of the molecule is CCNC(=NCc1ccco1)NCCN(C)Cc1ccc(F)cc1. The topological polar surface area (TPSA) is 52.8 Å². The monoisotopic (exact) mass is 332 g/mol. The molecule has 0 atom stereocenters. The van der Waals surface area contributed by atoms with E-state index >= 15 is 0 Å². The van der Waals surface area contributed by atoms with Crippen molar-refractivity contribution in [3.05, 3.63) is 59.8 Å². The van der Waals surface area contributed by atoms with E-state index in [-0.39, 0.29) is 5.82 Å². The zero-order valence-corrected chi connectivity index (χ0v) is 14.3. The number of hydrogen-bond donors (Lipinski definition) is 2. The van der Waals surface area contributed by atoms with E-state index < -0.39 is 0 Å². The molecular weight excluding hydrogens is 307 g/mol. The van der Waals surface area contributed by atoms with E-state index in [2.05, 4.69) is 20.5 Å². The third-order valence-electron chi connectivity index (χ3n) is 3.47. The highest BCUT2D eigenvalue weighted by Crippen LogP contribution is 2.05. The zero-order chi connectivity index (χ0) is 17.2. The van der Waals surface area contributed by atoms with Crippen molar-refractivity contribution in [2.45, 2.75) is 20.0 Å². The number of nitrogens with one attached hydrogen (secondary N) is 2. The molecule has 6 heteroatoms. The maximum atomic E-state index is 12.9. The minimum absolute atomic E-state index is 0.203. The van der Waals surface area contributed by atoms with Gasteiger partial charge in [-0.05, 0) is 43.8 Å². The van der Waals surface area contributed by atoms with Crippen LogP contribution < -0.4 is 10.6 Å². The van der Waals surface area contributed by atoms with Crippen LogP contribution in [0.25, 0.3) is 0 Å². The molecule has 24 heavy (non-hydrogen) atoms. The van der Waals surface area contributed by atoms with Crippen molar-refractivity contribution in [2.75, 3.05) is 26.7 Å². The third-order valence-corrected chi connectivity index (χ3v) is 3.47. The lowest BCUT2D eigenvalue weighted by molar-refractivity contribution is 0.331. The smallest absolute Gasteiger partial charge is 0.191 e. The van der Waals surface area contributed by atoms with Gasteiger partial charge in [0.1, 0.15) is 18.1 Å². The van der Waals surface area contributed by atoms with Crippen molar-refractivity contribution < 1.29 is 8.81 Å². The highest BCUT2D eigenvalue weighted by Gasteiger charge is 2.03. The molecule has 0 amide bonds. The molecule has 0 saturated heterocycles. The van der Waals surface area contributed by atoms with Crippen LogP contribution >= 0.6 is 0 Å². The van der Waals surface area contributed by atoms with Gasteiger partial charge in [0.25, 0.3) is 0 Å². The van der Waals surface area contributed by atoms with Gasteiger partial charge in [0.05, 0.1) is 6.26 Å². The number of furan rings is 1. The fourth-order valence-electron chi connectivity index (χ4n) is 2.25. The molecule has 2 rings (SSSR count). The van der Waals surface area contributed by atoms with Crippen molar-refractivity contribution in [3.8, 4) is 0 Å². The first kappa shape index (κ1) is 18.0. The molecule has 2 aromatic rings. The summed E-state index contributed by atoms with van der Waals surface area (Å²) >= 11 is 0. The molecule has 1 aromatic carbocycles. The van der Waals surface area contributed by atoms with Crippen LogP contribution in [0.4, 0.5) is 4.39 Å². The van der Waals surface area contributed by atoms with Crippen LogP contribution in [0.2, 0.25) is 0 Å². The number of rotatable bonds is 8. The third kappa shape index (κ3) is 6.42. The Balaban J connectivity index is 1.74. The molecule has 0 aliphatic rings. The lowest BCUT2D eigenvalue weighted by Gasteiger charge is -2.18. The van der Waals surface area contributed by atoms with E-state index in [1.807, 2.05) is 38.2 Å². The van der Waals surface area contributed by atoms with Gasteiger partial charge in [-0.25, -0.2) is 9.38 Å². The van der Waals surface area contributed by atoms with E-state index in [1.165, 1.54) is 12.1 Å². The summed E-state index contributed by atoms with van der Waals surface area (Å²) in [6.45, 7) is 5.74. The molecule has 0 aliphatic carbocycles. The van der Waals surface area contributed by atoms with Crippen LogP contribution in [-0.2, 0) is 13.1 Å². The molecule has 0 bridgehead atoms. The minimum Gasteiger partial charge on any atom is -0.467 e. The standard InChI is InChI=1S/C18H25FN4O/c1-3-20-18(22-13-17-5-4-12-24-17)21-10-11-23(2)14-15-6-8-16(19)9-7-15/h4-9,12H,3,10-11,13-14H2,1-2H3,(H2,20,21,22). The zero-order valence-electron chi connectivity index (χ0n) is 14.3. The molecule has 0 unspecified atom stereocenters. The van der Waals surface area contributed by atoms with Crippen molar-refractivity contribution >= 4 is 5.96 Å². The van der Waals surface area contributed by atoms with E-state index in [1.54, 1.807) is 6.26 Å². The fraction of sp³-hybridized carbons (Fsp3) is 0.389. The fourth-order valence-corrected chi connectivity index (χ4v) is 2.25. The summed E-state index contributed by atoms with van der Waals surface area (Å²) in [5.74, 6) is 1.40. The average molecular weight is 332 g/mol. The Bertz CT molecular complexity index is 610. The second-order valence-corrected chi connectivity index (χ2v) is 5.57. The molecule has 0 saturated carbocycles. The van der Waals surface area contributed by atoms with Crippen molar-refractivity contribution in [3.63, 3.8) is 0 Å². The Labute approximate surface area is 142 Å². The van der Waals surface area contributed by atoms with Gasteiger partial charge < -0.3 is 20.0 Å². The molecule has 0 fully saturated rings. The maximum Gasteiger partial charge on any atom is 0.191 e. The van der Waals surface area contributed by atoms with Gasteiger partial charge in [0, 0.05) is 26.2 Å². The van der Waals surface area contributed by atoms with Crippen LogP contribution in [0.15, 0.2) is 52.1 Å². The number of halogens is 1. The second kappa shape index (κ2) is 9.72. The summed E-state index contributed by atoms with van der Waals surface area (Å²) in [4.78, 5) is 6.66. The largest absolute Gasteiger partial charge is 0.467 e. The first-order valence-corrected chi connectivity index (χ1v) is 8.15. The molecule has 1 heterocycles. The van der Waals surface area contributed by atoms with Crippen molar-refractivity contribution in [1.82, 2.24) is 15.5 Å². The Kier molecular flexibility index (Phi) is 7.29. The van der Waals surface area contributed by atoms with Crippen LogP contribution in [0, 0.1) is 5.82 Å². The number of likely N-dealkylation sites (N-methyl/N-ethyl adjacent to an activating group) is 1. The Morgan fingerprint density at radius 1 is 1.21 bits per heavy atom. The first-order valence-electron chi connectivity index (χ1n) is 8.15. The molecule has 1 aromatic heterocycles. The lowest BCUT2D eigenvalue weighted by Crippen LogP contribution is -2.40. The van der Waals surface area contributed by atoms with Gasteiger partial charge in [0.2, 0.25) is 0 Å². The van der Waals surface area contributed by atoms with Crippen LogP contribution in [-0.4, -0.2) is 37.5 Å². The maximum absolute atomic E-state index is 12.9. The lowest BCUT2D eigenvalue weighted by atomic mass is 10.2. The van der Waals surface area contributed by atoms with Gasteiger partial charge in [0.15, 0.2) is 5.96 Å². The van der Waals surface area contributed by atoms with Crippen LogP contribution in [0.3, 0.4) is 0 Å². The number of guanidine groups is 1. The predicted octanol–water partition coefficient (Wildman–Crippen LogP) is 2.61. The van der Waals surface area contributed by atoms with Gasteiger partial charge in [-0.3, -0.25) is 0 Å². The Morgan fingerprint density at radius 2 is 2.00 bits per heavy atom. The number of aliphatic imine (C=N–C) groups is 1. The van der Waals surface area contributed by atoms with E-state index in [0.29, 0.717) is 6.54 Å². The molecule has 130 valence electrons. The van der Waals surface area contributed by atoms with Gasteiger partial charge >= 0.3 is 0 Å². The number of nitrogens with zero attached hydrogens (tertiary/aromatic N) is 2. The quantitative estimate of drug-likeness (QED) is 0.576. The predicted molar refractivity (Wildman–Crippen MR) is 94.3 cm³/mol.